The van der Waals surface area contributed by atoms with Gasteiger partial charge in [-0.3, -0.25) is 0 Å². The lowest BCUT2D eigenvalue weighted by molar-refractivity contribution is 0.629. The van der Waals surface area contributed by atoms with Crippen LogP contribution >= 0.6 is 22.9 Å². The number of halogens is 2. The van der Waals surface area contributed by atoms with E-state index in [0.717, 1.165) is 23.5 Å². The summed E-state index contributed by atoms with van der Waals surface area (Å²) in [6.45, 7) is 3.88. The van der Waals surface area contributed by atoms with Crippen LogP contribution in [0.4, 0.5) is 4.39 Å². The summed E-state index contributed by atoms with van der Waals surface area (Å²) in [7, 11) is 0. The predicted octanol–water partition coefficient (Wildman–Crippen LogP) is 4.32. The Kier molecular flexibility index (Phi) is 4.15. The number of benzene rings is 1. The zero-order valence-corrected chi connectivity index (χ0v) is 11.0. The SMILES string of the molecule is CCNCc1ccc(-c2ccc(Cl)c(F)c2)s1. The zero-order chi connectivity index (χ0) is 12.3. The van der Waals surface area contributed by atoms with Crippen molar-refractivity contribution < 1.29 is 4.39 Å². The predicted molar refractivity (Wildman–Crippen MR) is 72.1 cm³/mol. The smallest absolute Gasteiger partial charge is 0.142 e. The normalized spacial score (nSPS) is 10.8. The van der Waals surface area contributed by atoms with Gasteiger partial charge in [0, 0.05) is 16.3 Å². The molecule has 2 rings (SSSR count). The third-order valence-corrected chi connectivity index (χ3v) is 3.86. The van der Waals surface area contributed by atoms with Gasteiger partial charge in [-0.25, -0.2) is 4.39 Å². The van der Waals surface area contributed by atoms with Gasteiger partial charge in [-0.1, -0.05) is 24.6 Å². The van der Waals surface area contributed by atoms with Crippen LogP contribution in [0.5, 0.6) is 0 Å². The third kappa shape index (κ3) is 3.06. The van der Waals surface area contributed by atoms with Crippen LogP contribution in [0.2, 0.25) is 5.02 Å². The molecule has 0 amide bonds. The number of rotatable bonds is 4. The van der Waals surface area contributed by atoms with E-state index in [0.29, 0.717) is 0 Å². The number of hydrogen-bond acceptors (Lipinski definition) is 2. The van der Waals surface area contributed by atoms with Gasteiger partial charge >= 0.3 is 0 Å². The molecule has 0 aliphatic carbocycles. The molecule has 1 nitrogen and oxygen atoms in total. The maximum Gasteiger partial charge on any atom is 0.142 e. The van der Waals surface area contributed by atoms with Crippen LogP contribution in [-0.4, -0.2) is 6.54 Å². The van der Waals surface area contributed by atoms with Gasteiger partial charge in [-0.15, -0.1) is 11.3 Å². The fourth-order valence-electron chi connectivity index (χ4n) is 1.53. The third-order valence-electron chi connectivity index (χ3n) is 2.42. The Morgan fingerprint density at radius 2 is 2.12 bits per heavy atom. The fraction of sp³-hybridized carbons (Fsp3) is 0.231. The number of thiophene rings is 1. The van der Waals surface area contributed by atoms with Crippen molar-refractivity contribution in [3.8, 4) is 10.4 Å². The molecule has 0 unspecified atom stereocenters. The Morgan fingerprint density at radius 3 is 2.82 bits per heavy atom. The van der Waals surface area contributed by atoms with Crippen molar-refractivity contribution in [2.45, 2.75) is 13.5 Å². The summed E-state index contributed by atoms with van der Waals surface area (Å²) in [4.78, 5) is 2.31. The Bertz CT molecular complexity index is 510. The van der Waals surface area contributed by atoms with E-state index in [2.05, 4.69) is 18.3 Å². The second kappa shape index (κ2) is 5.63. The summed E-state index contributed by atoms with van der Waals surface area (Å²) in [5.41, 5.74) is 0.875. The van der Waals surface area contributed by atoms with E-state index in [-0.39, 0.29) is 10.8 Å². The van der Waals surface area contributed by atoms with Gasteiger partial charge < -0.3 is 5.32 Å². The van der Waals surface area contributed by atoms with Crippen molar-refractivity contribution in [3.63, 3.8) is 0 Å². The largest absolute Gasteiger partial charge is 0.312 e. The molecule has 0 atom stereocenters. The van der Waals surface area contributed by atoms with E-state index < -0.39 is 0 Å². The molecule has 0 fully saturated rings. The Labute approximate surface area is 109 Å². The highest BCUT2D eigenvalue weighted by Gasteiger charge is 2.06. The molecule has 1 heterocycles. The second-order valence-electron chi connectivity index (χ2n) is 3.68. The van der Waals surface area contributed by atoms with E-state index >= 15 is 0 Å². The van der Waals surface area contributed by atoms with Crippen LogP contribution in [0, 0.1) is 5.82 Å². The van der Waals surface area contributed by atoms with Crippen LogP contribution in [0.25, 0.3) is 10.4 Å². The molecule has 0 aliphatic heterocycles. The Hall–Kier alpha value is -0.900. The summed E-state index contributed by atoms with van der Waals surface area (Å²) >= 11 is 7.33. The summed E-state index contributed by atoms with van der Waals surface area (Å²) in [5, 5.41) is 3.43. The molecule has 0 aliphatic rings. The van der Waals surface area contributed by atoms with Gasteiger partial charge in [-0.2, -0.15) is 0 Å². The molecule has 2 aromatic rings. The van der Waals surface area contributed by atoms with Crippen LogP contribution in [0.1, 0.15) is 11.8 Å². The minimum Gasteiger partial charge on any atom is -0.312 e. The fourth-order valence-corrected chi connectivity index (χ4v) is 2.62. The van der Waals surface area contributed by atoms with E-state index in [9.17, 15) is 4.39 Å². The molecule has 90 valence electrons. The zero-order valence-electron chi connectivity index (χ0n) is 9.47. The van der Waals surface area contributed by atoms with Gasteiger partial charge in [0.05, 0.1) is 5.02 Å². The molecular weight excluding hydrogens is 257 g/mol. The van der Waals surface area contributed by atoms with Crippen LogP contribution in [-0.2, 0) is 6.54 Å². The highest BCUT2D eigenvalue weighted by Crippen LogP contribution is 2.30. The standard InChI is InChI=1S/C13H13ClFNS/c1-2-16-8-10-4-6-13(17-10)9-3-5-11(14)12(15)7-9/h3-7,16H,2,8H2,1H3. The molecule has 0 saturated heterocycles. The van der Waals surface area contributed by atoms with E-state index in [1.807, 2.05) is 12.1 Å². The maximum absolute atomic E-state index is 13.3. The molecule has 0 bridgehead atoms. The molecule has 1 aromatic heterocycles. The summed E-state index contributed by atoms with van der Waals surface area (Å²) in [6.07, 6.45) is 0. The minimum absolute atomic E-state index is 0.165. The summed E-state index contributed by atoms with van der Waals surface area (Å²) in [5.74, 6) is -0.370. The molecule has 4 heteroatoms. The van der Waals surface area contributed by atoms with Gasteiger partial charge in [-0.05, 0) is 36.4 Å². The first-order valence-corrected chi connectivity index (χ1v) is 6.65. The van der Waals surface area contributed by atoms with Crippen molar-refractivity contribution in [3.05, 3.63) is 46.0 Å². The quantitative estimate of drug-likeness (QED) is 0.872. The van der Waals surface area contributed by atoms with Crippen molar-refractivity contribution in [1.29, 1.82) is 0 Å². The van der Waals surface area contributed by atoms with Crippen LogP contribution in [0.15, 0.2) is 30.3 Å². The molecular formula is C13H13ClFNS. The first-order valence-electron chi connectivity index (χ1n) is 5.45. The average molecular weight is 270 g/mol. The second-order valence-corrected chi connectivity index (χ2v) is 5.25. The monoisotopic (exact) mass is 269 g/mol. The topological polar surface area (TPSA) is 12.0 Å². The first kappa shape index (κ1) is 12.6. The maximum atomic E-state index is 13.3. The van der Waals surface area contributed by atoms with Crippen molar-refractivity contribution >= 4 is 22.9 Å². The van der Waals surface area contributed by atoms with Crippen molar-refractivity contribution in [1.82, 2.24) is 5.32 Å². The van der Waals surface area contributed by atoms with Crippen molar-refractivity contribution in [2.75, 3.05) is 6.54 Å². The molecule has 0 spiro atoms. The van der Waals surface area contributed by atoms with Crippen LogP contribution in [0.3, 0.4) is 0 Å². The molecule has 1 aromatic carbocycles. The van der Waals surface area contributed by atoms with Gasteiger partial charge in [0.15, 0.2) is 0 Å². The van der Waals surface area contributed by atoms with Gasteiger partial charge in [0.1, 0.15) is 5.82 Å². The lowest BCUT2D eigenvalue weighted by Crippen LogP contribution is -2.10. The van der Waals surface area contributed by atoms with Gasteiger partial charge in [0.25, 0.3) is 0 Å². The number of nitrogens with one attached hydrogen (secondary N) is 1. The lowest BCUT2D eigenvalue weighted by atomic mass is 10.2. The molecule has 0 saturated carbocycles. The highest BCUT2D eigenvalue weighted by atomic mass is 35.5. The van der Waals surface area contributed by atoms with Gasteiger partial charge in [0.2, 0.25) is 0 Å². The minimum atomic E-state index is -0.370. The molecule has 1 N–H and O–H groups in total. The summed E-state index contributed by atoms with van der Waals surface area (Å²) < 4.78 is 13.3. The first-order chi connectivity index (χ1) is 8.20. The van der Waals surface area contributed by atoms with Crippen LogP contribution < -0.4 is 5.32 Å². The molecule has 17 heavy (non-hydrogen) atoms. The Balaban J connectivity index is 2.21. The Morgan fingerprint density at radius 1 is 1.29 bits per heavy atom. The lowest BCUT2D eigenvalue weighted by Gasteiger charge is -1.99. The van der Waals surface area contributed by atoms with E-state index in [1.54, 1.807) is 17.4 Å². The summed E-state index contributed by atoms with van der Waals surface area (Å²) in [6, 6.07) is 8.99. The average Bonchev–Trinajstić information content (AvgIpc) is 2.79. The van der Waals surface area contributed by atoms with E-state index in [1.165, 1.54) is 10.9 Å². The van der Waals surface area contributed by atoms with Crippen molar-refractivity contribution in [2.24, 2.45) is 0 Å². The number of hydrogen-bond donors (Lipinski definition) is 1. The van der Waals surface area contributed by atoms with E-state index in [4.69, 9.17) is 11.6 Å². The molecule has 0 radical (unpaired) electrons. The highest BCUT2D eigenvalue weighted by molar-refractivity contribution is 7.15.